The predicted octanol–water partition coefficient (Wildman–Crippen LogP) is 4.90. The fourth-order valence-corrected chi connectivity index (χ4v) is 2.23. The van der Waals surface area contributed by atoms with Crippen molar-refractivity contribution in [1.29, 1.82) is 0 Å². The molecule has 0 aliphatic carbocycles. The molecule has 0 saturated heterocycles. The summed E-state index contributed by atoms with van der Waals surface area (Å²) in [5.41, 5.74) is 1.04. The monoisotopic (exact) mass is 321 g/mol. The second-order valence-corrected chi connectivity index (χ2v) is 5.71. The van der Waals surface area contributed by atoms with Gasteiger partial charge in [-0.2, -0.15) is 0 Å². The number of unbranched alkanes of at least 4 members (excludes halogenated alkanes) is 1. The topological polar surface area (TPSA) is 34.4 Å². The van der Waals surface area contributed by atoms with Gasteiger partial charge in [0.05, 0.1) is 6.54 Å². The molecule has 120 valence electrons. The van der Waals surface area contributed by atoms with Crippen LogP contribution < -0.4 is 5.32 Å². The molecule has 1 aromatic heterocycles. The van der Waals surface area contributed by atoms with E-state index >= 15 is 0 Å². The van der Waals surface area contributed by atoms with Crippen molar-refractivity contribution in [3.8, 4) is 11.3 Å². The van der Waals surface area contributed by atoms with Crippen molar-refractivity contribution in [2.24, 2.45) is 0 Å². The quantitative estimate of drug-likeness (QED) is 0.632. The number of ether oxygens (including phenoxy) is 1. The highest BCUT2D eigenvalue weighted by Crippen LogP contribution is 2.23. The summed E-state index contributed by atoms with van der Waals surface area (Å²) in [5.74, 6) is 1.81. The lowest BCUT2D eigenvalue weighted by atomic mass is 10.2. The summed E-state index contributed by atoms with van der Waals surface area (Å²) in [4.78, 5) is 0. The Kier molecular flexibility index (Phi) is 7.50. The van der Waals surface area contributed by atoms with Crippen LogP contribution in [0.15, 0.2) is 40.8 Å². The van der Waals surface area contributed by atoms with Gasteiger partial charge in [-0.3, -0.25) is 0 Å². The zero-order chi connectivity index (χ0) is 15.6. The van der Waals surface area contributed by atoms with Crippen LogP contribution in [0.4, 0.5) is 0 Å². The van der Waals surface area contributed by atoms with E-state index < -0.39 is 0 Å². The summed E-state index contributed by atoms with van der Waals surface area (Å²) >= 11 is 5.89. The Morgan fingerprint density at radius 1 is 1.05 bits per heavy atom. The van der Waals surface area contributed by atoms with Gasteiger partial charge in [-0.05, 0) is 55.8 Å². The van der Waals surface area contributed by atoms with Crippen LogP contribution in [0, 0.1) is 0 Å². The molecular formula is C18H24ClNO2. The molecular weight excluding hydrogens is 298 g/mol. The molecule has 0 amide bonds. The number of benzene rings is 1. The van der Waals surface area contributed by atoms with E-state index in [4.69, 9.17) is 20.8 Å². The van der Waals surface area contributed by atoms with Gasteiger partial charge in [0, 0.05) is 23.8 Å². The van der Waals surface area contributed by atoms with Crippen molar-refractivity contribution in [3.63, 3.8) is 0 Å². The van der Waals surface area contributed by atoms with Crippen LogP contribution in [-0.4, -0.2) is 19.8 Å². The Morgan fingerprint density at radius 2 is 1.82 bits per heavy atom. The lowest BCUT2D eigenvalue weighted by Gasteiger charge is -2.04. The average Bonchev–Trinajstić information content (AvgIpc) is 2.99. The lowest BCUT2D eigenvalue weighted by molar-refractivity contribution is 0.128. The van der Waals surface area contributed by atoms with E-state index in [1.165, 1.54) is 6.42 Å². The summed E-state index contributed by atoms with van der Waals surface area (Å²) in [6, 6.07) is 11.7. The van der Waals surface area contributed by atoms with Crippen LogP contribution >= 0.6 is 11.6 Å². The number of hydrogen-bond acceptors (Lipinski definition) is 3. The molecule has 1 N–H and O–H groups in total. The third-order valence-corrected chi connectivity index (χ3v) is 3.63. The summed E-state index contributed by atoms with van der Waals surface area (Å²) in [7, 11) is 0. The Hall–Kier alpha value is -1.29. The Labute approximate surface area is 137 Å². The van der Waals surface area contributed by atoms with E-state index in [0.717, 1.165) is 61.3 Å². The normalized spacial score (nSPS) is 11.0. The van der Waals surface area contributed by atoms with Gasteiger partial charge >= 0.3 is 0 Å². The molecule has 0 fully saturated rings. The zero-order valence-electron chi connectivity index (χ0n) is 13.1. The Balaban J connectivity index is 1.66. The van der Waals surface area contributed by atoms with E-state index in [0.29, 0.717) is 0 Å². The SMILES string of the molecule is CCCCOCCCNCc1ccc(-c2ccc(Cl)cc2)o1. The molecule has 0 atom stereocenters. The molecule has 0 bridgehead atoms. The molecule has 22 heavy (non-hydrogen) atoms. The highest BCUT2D eigenvalue weighted by Gasteiger charge is 2.04. The van der Waals surface area contributed by atoms with Crippen LogP contribution in [0.1, 0.15) is 31.9 Å². The molecule has 1 aromatic carbocycles. The van der Waals surface area contributed by atoms with Gasteiger partial charge in [0.2, 0.25) is 0 Å². The molecule has 0 radical (unpaired) electrons. The maximum atomic E-state index is 5.89. The van der Waals surface area contributed by atoms with E-state index in [-0.39, 0.29) is 0 Å². The molecule has 3 nitrogen and oxygen atoms in total. The molecule has 1 heterocycles. The molecule has 0 saturated carbocycles. The molecule has 0 aliphatic heterocycles. The first kappa shape index (κ1) is 17.1. The number of furan rings is 1. The van der Waals surface area contributed by atoms with E-state index in [1.54, 1.807) is 0 Å². The third kappa shape index (κ3) is 5.84. The molecule has 0 spiro atoms. The number of hydrogen-bond donors (Lipinski definition) is 1. The maximum Gasteiger partial charge on any atom is 0.134 e. The fraction of sp³-hybridized carbons (Fsp3) is 0.444. The van der Waals surface area contributed by atoms with Crippen LogP contribution in [0.5, 0.6) is 0 Å². The van der Waals surface area contributed by atoms with Gasteiger partial charge in [-0.25, -0.2) is 0 Å². The highest BCUT2D eigenvalue weighted by atomic mass is 35.5. The standard InChI is InChI=1S/C18H24ClNO2/c1-2-3-12-21-13-4-11-20-14-17-9-10-18(22-17)15-5-7-16(19)8-6-15/h5-10,20H,2-4,11-14H2,1H3. The zero-order valence-corrected chi connectivity index (χ0v) is 13.9. The number of nitrogens with one attached hydrogen (secondary N) is 1. The first-order valence-corrected chi connectivity index (χ1v) is 8.30. The Morgan fingerprint density at radius 3 is 2.59 bits per heavy atom. The summed E-state index contributed by atoms with van der Waals surface area (Å²) < 4.78 is 11.4. The summed E-state index contributed by atoms with van der Waals surface area (Å²) in [6.45, 7) is 5.54. The highest BCUT2D eigenvalue weighted by molar-refractivity contribution is 6.30. The fourth-order valence-electron chi connectivity index (χ4n) is 2.10. The predicted molar refractivity (Wildman–Crippen MR) is 91.2 cm³/mol. The first-order chi connectivity index (χ1) is 10.8. The minimum atomic E-state index is 0.735. The van der Waals surface area contributed by atoms with Crippen LogP contribution in [0.25, 0.3) is 11.3 Å². The van der Waals surface area contributed by atoms with Gasteiger partial charge in [0.15, 0.2) is 0 Å². The second kappa shape index (κ2) is 9.67. The van der Waals surface area contributed by atoms with Gasteiger partial charge in [-0.1, -0.05) is 24.9 Å². The van der Waals surface area contributed by atoms with E-state index in [1.807, 2.05) is 36.4 Å². The Bertz CT molecular complexity index is 536. The average molecular weight is 322 g/mol. The van der Waals surface area contributed by atoms with Gasteiger partial charge in [0.25, 0.3) is 0 Å². The third-order valence-electron chi connectivity index (χ3n) is 3.37. The minimum Gasteiger partial charge on any atom is -0.460 e. The smallest absolute Gasteiger partial charge is 0.134 e. The number of rotatable bonds is 10. The molecule has 2 rings (SSSR count). The number of halogens is 1. The summed E-state index contributed by atoms with van der Waals surface area (Å²) in [6.07, 6.45) is 3.36. The second-order valence-electron chi connectivity index (χ2n) is 5.27. The molecule has 2 aromatic rings. The maximum absolute atomic E-state index is 5.89. The molecule has 0 aliphatic rings. The van der Waals surface area contributed by atoms with Crippen molar-refractivity contribution < 1.29 is 9.15 Å². The lowest BCUT2D eigenvalue weighted by Crippen LogP contribution is -2.16. The van der Waals surface area contributed by atoms with Crippen molar-refractivity contribution in [3.05, 3.63) is 47.2 Å². The summed E-state index contributed by atoms with van der Waals surface area (Å²) in [5, 5.41) is 4.11. The van der Waals surface area contributed by atoms with Crippen molar-refractivity contribution >= 4 is 11.6 Å². The molecule has 4 heteroatoms. The van der Waals surface area contributed by atoms with Gasteiger partial charge < -0.3 is 14.5 Å². The van der Waals surface area contributed by atoms with Crippen LogP contribution in [0.3, 0.4) is 0 Å². The van der Waals surface area contributed by atoms with Crippen molar-refractivity contribution in [1.82, 2.24) is 5.32 Å². The first-order valence-electron chi connectivity index (χ1n) is 7.92. The minimum absolute atomic E-state index is 0.735. The van der Waals surface area contributed by atoms with Crippen molar-refractivity contribution in [2.45, 2.75) is 32.7 Å². The van der Waals surface area contributed by atoms with Gasteiger partial charge in [0.1, 0.15) is 11.5 Å². The van der Waals surface area contributed by atoms with Crippen LogP contribution in [0.2, 0.25) is 5.02 Å². The van der Waals surface area contributed by atoms with E-state index in [2.05, 4.69) is 12.2 Å². The van der Waals surface area contributed by atoms with Crippen LogP contribution in [-0.2, 0) is 11.3 Å². The van der Waals surface area contributed by atoms with Gasteiger partial charge in [-0.15, -0.1) is 0 Å². The van der Waals surface area contributed by atoms with E-state index in [9.17, 15) is 0 Å². The van der Waals surface area contributed by atoms with Crippen molar-refractivity contribution in [2.75, 3.05) is 19.8 Å². The molecule has 0 unspecified atom stereocenters. The largest absolute Gasteiger partial charge is 0.460 e.